The number of aliphatic hydroxyl groups is 1. The molecule has 1 saturated heterocycles. The lowest BCUT2D eigenvalue weighted by atomic mass is 10.2. The monoisotopic (exact) mass is 265 g/mol. The molecule has 1 aliphatic heterocycles. The molecule has 0 aromatic heterocycles. The minimum absolute atomic E-state index is 0.0809. The van der Waals surface area contributed by atoms with Crippen LogP contribution in [0.3, 0.4) is 0 Å². The smallest absolute Gasteiger partial charge is 0.410 e. The largest absolute Gasteiger partial charge is 0.445 e. The van der Waals surface area contributed by atoms with Crippen LogP contribution in [0.15, 0.2) is 30.3 Å². The Hall–Kier alpha value is -1.59. The minimum Gasteiger partial charge on any atom is -0.445 e. The number of ether oxygens (including phenoxy) is 2. The zero-order valence-electron chi connectivity index (χ0n) is 10.8. The van der Waals surface area contributed by atoms with Crippen molar-refractivity contribution in [2.75, 3.05) is 26.3 Å². The lowest BCUT2D eigenvalue weighted by Gasteiger charge is -2.22. The summed E-state index contributed by atoms with van der Waals surface area (Å²) in [4.78, 5) is 13.5. The van der Waals surface area contributed by atoms with Crippen molar-refractivity contribution in [3.8, 4) is 0 Å². The molecule has 5 nitrogen and oxygen atoms in total. The molecule has 0 aliphatic carbocycles. The summed E-state index contributed by atoms with van der Waals surface area (Å²) in [6.07, 6.45) is 0.0938. The molecule has 0 radical (unpaired) electrons. The van der Waals surface area contributed by atoms with E-state index in [1.807, 2.05) is 30.3 Å². The molecule has 19 heavy (non-hydrogen) atoms. The van der Waals surface area contributed by atoms with E-state index in [4.69, 9.17) is 14.6 Å². The summed E-state index contributed by atoms with van der Waals surface area (Å²) in [6, 6.07) is 9.56. The number of hydrogen-bond acceptors (Lipinski definition) is 4. The average molecular weight is 265 g/mol. The molecular formula is C14H19NO4. The molecule has 1 aliphatic rings. The van der Waals surface area contributed by atoms with Gasteiger partial charge in [-0.25, -0.2) is 4.79 Å². The molecule has 2 rings (SSSR count). The fourth-order valence-corrected chi connectivity index (χ4v) is 1.98. The van der Waals surface area contributed by atoms with Gasteiger partial charge in [-0.05, 0) is 12.0 Å². The Bertz CT molecular complexity index is 396. The fourth-order valence-electron chi connectivity index (χ4n) is 1.98. The topological polar surface area (TPSA) is 59.0 Å². The maximum absolute atomic E-state index is 12.0. The molecule has 1 aromatic rings. The predicted molar refractivity (Wildman–Crippen MR) is 69.6 cm³/mol. The van der Waals surface area contributed by atoms with Crippen LogP contribution < -0.4 is 0 Å². The molecule has 1 N–H and O–H groups in total. The summed E-state index contributed by atoms with van der Waals surface area (Å²) in [6.45, 7) is 1.73. The van der Waals surface area contributed by atoms with Crippen LogP contribution in [0.4, 0.5) is 4.79 Å². The number of nitrogens with zero attached hydrogens (tertiary/aromatic N) is 1. The van der Waals surface area contributed by atoms with E-state index >= 15 is 0 Å². The third kappa shape index (κ3) is 4.22. The highest BCUT2D eigenvalue weighted by Crippen LogP contribution is 2.09. The minimum atomic E-state index is -0.354. The van der Waals surface area contributed by atoms with Crippen molar-refractivity contribution >= 4 is 6.09 Å². The molecule has 1 heterocycles. The molecule has 0 spiro atoms. The molecule has 0 bridgehead atoms. The van der Waals surface area contributed by atoms with Gasteiger partial charge in [-0.2, -0.15) is 0 Å². The van der Waals surface area contributed by atoms with E-state index in [0.29, 0.717) is 19.7 Å². The fraction of sp³-hybridized carbons (Fsp3) is 0.500. The lowest BCUT2D eigenvalue weighted by molar-refractivity contribution is 0.0118. The summed E-state index contributed by atoms with van der Waals surface area (Å²) in [5, 5.41) is 9.12. The Morgan fingerprint density at radius 1 is 1.42 bits per heavy atom. The summed E-state index contributed by atoms with van der Waals surface area (Å²) < 4.78 is 10.7. The average Bonchev–Trinajstić information content (AvgIpc) is 2.71. The first-order chi connectivity index (χ1) is 9.29. The highest BCUT2D eigenvalue weighted by molar-refractivity contribution is 5.67. The van der Waals surface area contributed by atoms with Gasteiger partial charge in [-0.3, -0.25) is 0 Å². The number of aliphatic hydroxyl groups excluding tert-OH is 1. The molecule has 1 amide bonds. The quantitative estimate of drug-likeness (QED) is 0.897. The maximum Gasteiger partial charge on any atom is 0.410 e. The summed E-state index contributed by atoms with van der Waals surface area (Å²) >= 11 is 0. The number of hydrogen-bond donors (Lipinski definition) is 1. The van der Waals surface area contributed by atoms with Gasteiger partial charge in [0, 0.05) is 13.2 Å². The molecule has 5 heteroatoms. The van der Waals surface area contributed by atoms with Crippen molar-refractivity contribution in [1.29, 1.82) is 0 Å². The van der Waals surface area contributed by atoms with Crippen LogP contribution in [0.2, 0.25) is 0 Å². The Kier molecular flexibility index (Phi) is 5.18. The van der Waals surface area contributed by atoms with Crippen molar-refractivity contribution in [2.24, 2.45) is 0 Å². The van der Waals surface area contributed by atoms with E-state index in [-0.39, 0.29) is 25.4 Å². The standard InChI is InChI=1S/C14H19NO4/c16-10-13-9-15(7-4-8-18-13)14(17)19-11-12-5-2-1-3-6-12/h1-3,5-6,13,16H,4,7-11H2/t13-/m1/s1. The van der Waals surface area contributed by atoms with Gasteiger partial charge >= 0.3 is 6.09 Å². The van der Waals surface area contributed by atoms with Gasteiger partial charge < -0.3 is 19.5 Å². The van der Waals surface area contributed by atoms with Gasteiger partial charge in [-0.15, -0.1) is 0 Å². The predicted octanol–water partition coefficient (Wildman–Crippen LogP) is 1.41. The van der Waals surface area contributed by atoms with Gasteiger partial charge in [0.2, 0.25) is 0 Å². The van der Waals surface area contributed by atoms with Crippen LogP contribution in [-0.4, -0.2) is 48.5 Å². The first-order valence-corrected chi connectivity index (χ1v) is 6.47. The van der Waals surface area contributed by atoms with Crippen LogP contribution >= 0.6 is 0 Å². The number of rotatable bonds is 3. The number of carbonyl (C=O) groups is 1. The van der Waals surface area contributed by atoms with Gasteiger partial charge in [0.1, 0.15) is 6.61 Å². The Morgan fingerprint density at radius 2 is 2.21 bits per heavy atom. The molecule has 1 fully saturated rings. The number of benzene rings is 1. The van der Waals surface area contributed by atoms with Crippen LogP contribution in [-0.2, 0) is 16.1 Å². The van der Waals surface area contributed by atoms with E-state index in [1.54, 1.807) is 4.90 Å². The highest BCUT2D eigenvalue weighted by Gasteiger charge is 2.22. The van der Waals surface area contributed by atoms with E-state index in [0.717, 1.165) is 12.0 Å². The molecule has 1 atom stereocenters. The van der Waals surface area contributed by atoms with Crippen molar-refractivity contribution in [1.82, 2.24) is 4.90 Å². The zero-order chi connectivity index (χ0) is 13.5. The van der Waals surface area contributed by atoms with Crippen LogP contribution in [0, 0.1) is 0 Å². The van der Waals surface area contributed by atoms with Crippen LogP contribution in [0.1, 0.15) is 12.0 Å². The van der Waals surface area contributed by atoms with Crippen molar-refractivity contribution < 1.29 is 19.4 Å². The second kappa shape index (κ2) is 7.11. The second-order valence-electron chi connectivity index (χ2n) is 4.52. The van der Waals surface area contributed by atoms with Crippen molar-refractivity contribution in [3.63, 3.8) is 0 Å². The molecule has 0 saturated carbocycles. The van der Waals surface area contributed by atoms with E-state index in [1.165, 1.54) is 0 Å². The molecule has 104 valence electrons. The zero-order valence-corrected chi connectivity index (χ0v) is 10.8. The Labute approximate surface area is 112 Å². The number of carbonyl (C=O) groups excluding carboxylic acids is 1. The first-order valence-electron chi connectivity index (χ1n) is 6.47. The van der Waals surface area contributed by atoms with Gasteiger partial charge in [0.15, 0.2) is 0 Å². The Balaban J connectivity index is 1.84. The second-order valence-corrected chi connectivity index (χ2v) is 4.52. The van der Waals surface area contributed by atoms with Crippen molar-refractivity contribution in [2.45, 2.75) is 19.1 Å². The van der Waals surface area contributed by atoms with Gasteiger partial charge in [-0.1, -0.05) is 30.3 Å². The number of amides is 1. The van der Waals surface area contributed by atoms with Gasteiger partial charge in [0.25, 0.3) is 0 Å². The SMILES string of the molecule is O=C(OCc1ccccc1)N1CCCO[C@@H](CO)C1. The van der Waals surface area contributed by atoms with Crippen LogP contribution in [0.25, 0.3) is 0 Å². The van der Waals surface area contributed by atoms with Crippen LogP contribution in [0.5, 0.6) is 0 Å². The van der Waals surface area contributed by atoms with Crippen molar-refractivity contribution in [3.05, 3.63) is 35.9 Å². The molecule has 1 aromatic carbocycles. The summed E-state index contributed by atoms with van der Waals surface area (Å²) in [7, 11) is 0. The third-order valence-corrected chi connectivity index (χ3v) is 3.02. The normalized spacial score (nSPS) is 19.8. The summed E-state index contributed by atoms with van der Waals surface area (Å²) in [5.41, 5.74) is 0.959. The van der Waals surface area contributed by atoms with Gasteiger partial charge in [0.05, 0.1) is 19.3 Å². The van der Waals surface area contributed by atoms with E-state index < -0.39 is 0 Å². The third-order valence-electron chi connectivity index (χ3n) is 3.02. The molecular weight excluding hydrogens is 246 g/mol. The van der Waals surface area contributed by atoms with E-state index in [9.17, 15) is 4.79 Å². The van der Waals surface area contributed by atoms with E-state index in [2.05, 4.69) is 0 Å². The maximum atomic E-state index is 12.0. The molecule has 0 unspecified atom stereocenters. The lowest BCUT2D eigenvalue weighted by Crippen LogP contribution is -2.38. The summed E-state index contributed by atoms with van der Waals surface area (Å²) in [5.74, 6) is 0. The Morgan fingerprint density at radius 3 is 2.95 bits per heavy atom. The first kappa shape index (κ1) is 13.8. The highest BCUT2D eigenvalue weighted by atomic mass is 16.6.